The molecule has 0 radical (unpaired) electrons. The van der Waals surface area contributed by atoms with Crippen molar-refractivity contribution in [1.82, 2.24) is 4.98 Å². The predicted molar refractivity (Wildman–Crippen MR) is 52.8 cm³/mol. The first kappa shape index (κ1) is 9.33. The molecule has 0 spiro atoms. The molecule has 1 rings (SSSR count). The van der Waals surface area contributed by atoms with Crippen molar-refractivity contribution in [2.45, 2.75) is 20.3 Å². The number of rotatable bonds is 3. The summed E-state index contributed by atoms with van der Waals surface area (Å²) in [4.78, 5) is 4.03. The van der Waals surface area contributed by atoms with Gasteiger partial charge < -0.3 is 5.32 Å². The molecular formula is C9H13ClN2. The third kappa shape index (κ3) is 2.38. The second kappa shape index (κ2) is 4.31. The molecule has 1 N–H and O–H groups in total. The molecule has 0 aliphatic carbocycles. The van der Waals surface area contributed by atoms with Crippen LogP contribution in [0.5, 0.6) is 0 Å². The molecular weight excluding hydrogens is 172 g/mol. The van der Waals surface area contributed by atoms with E-state index < -0.39 is 0 Å². The van der Waals surface area contributed by atoms with Crippen LogP contribution >= 0.6 is 11.6 Å². The van der Waals surface area contributed by atoms with Crippen LogP contribution in [-0.2, 0) is 0 Å². The van der Waals surface area contributed by atoms with Crippen molar-refractivity contribution >= 4 is 17.3 Å². The molecule has 0 aliphatic rings. The van der Waals surface area contributed by atoms with Crippen LogP contribution < -0.4 is 5.32 Å². The molecule has 0 atom stereocenters. The van der Waals surface area contributed by atoms with Crippen LogP contribution in [0.15, 0.2) is 12.3 Å². The van der Waals surface area contributed by atoms with E-state index >= 15 is 0 Å². The van der Waals surface area contributed by atoms with Gasteiger partial charge in [-0.3, -0.25) is 0 Å². The Bertz CT molecular complexity index is 261. The van der Waals surface area contributed by atoms with E-state index in [0.717, 1.165) is 24.2 Å². The zero-order valence-corrected chi connectivity index (χ0v) is 8.15. The first-order valence-electron chi connectivity index (χ1n) is 4.10. The van der Waals surface area contributed by atoms with E-state index in [2.05, 4.69) is 17.2 Å². The van der Waals surface area contributed by atoms with E-state index in [4.69, 9.17) is 11.6 Å². The Labute approximate surface area is 78.0 Å². The lowest BCUT2D eigenvalue weighted by atomic mass is 10.3. The summed E-state index contributed by atoms with van der Waals surface area (Å²) < 4.78 is 0. The maximum absolute atomic E-state index is 5.86. The number of nitrogens with one attached hydrogen (secondary N) is 1. The van der Waals surface area contributed by atoms with Crippen molar-refractivity contribution in [3.8, 4) is 0 Å². The number of aromatic nitrogens is 1. The van der Waals surface area contributed by atoms with E-state index in [1.54, 1.807) is 6.20 Å². The Morgan fingerprint density at radius 2 is 2.33 bits per heavy atom. The Kier molecular flexibility index (Phi) is 3.35. The summed E-state index contributed by atoms with van der Waals surface area (Å²) in [6.45, 7) is 5.05. The fraction of sp³-hybridized carbons (Fsp3) is 0.444. The summed E-state index contributed by atoms with van der Waals surface area (Å²) in [5.74, 6) is 0. The molecule has 1 heterocycles. The topological polar surface area (TPSA) is 24.9 Å². The number of hydrogen-bond acceptors (Lipinski definition) is 2. The van der Waals surface area contributed by atoms with Gasteiger partial charge >= 0.3 is 0 Å². The molecule has 0 aliphatic heterocycles. The van der Waals surface area contributed by atoms with E-state index in [-0.39, 0.29) is 0 Å². The molecule has 0 bridgehead atoms. The molecule has 0 saturated heterocycles. The van der Waals surface area contributed by atoms with Gasteiger partial charge in [-0.25, -0.2) is 4.98 Å². The van der Waals surface area contributed by atoms with Crippen molar-refractivity contribution in [2.75, 3.05) is 11.9 Å². The van der Waals surface area contributed by atoms with Gasteiger partial charge in [0.2, 0.25) is 0 Å². The van der Waals surface area contributed by atoms with Crippen LogP contribution in [-0.4, -0.2) is 11.5 Å². The Hall–Kier alpha value is -0.760. The molecule has 2 nitrogen and oxygen atoms in total. The second-order valence-electron chi connectivity index (χ2n) is 2.78. The lowest BCUT2D eigenvalue weighted by Gasteiger charge is -2.06. The lowest BCUT2D eigenvalue weighted by molar-refractivity contribution is 0.977. The molecule has 0 saturated carbocycles. The molecule has 66 valence electrons. The highest BCUT2D eigenvalue weighted by Gasteiger charge is 1.99. The lowest BCUT2D eigenvalue weighted by Crippen LogP contribution is -2.01. The number of pyridine rings is 1. The monoisotopic (exact) mass is 184 g/mol. The van der Waals surface area contributed by atoms with Gasteiger partial charge in [-0.05, 0) is 25.0 Å². The summed E-state index contributed by atoms with van der Waals surface area (Å²) in [7, 11) is 0. The standard InChI is InChI=1S/C9H13ClN2/c1-3-4-11-8-5-7(2)6-12-9(8)10/h5-6,11H,3-4H2,1-2H3. The van der Waals surface area contributed by atoms with Crippen LogP contribution in [0.25, 0.3) is 0 Å². The van der Waals surface area contributed by atoms with Crippen LogP contribution in [0.1, 0.15) is 18.9 Å². The zero-order chi connectivity index (χ0) is 8.97. The van der Waals surface area contributed by atoms with Crippen molar-refractivity contribution in [2.24, 2.45) is 0 Å². The predicted octanol–water partition coefficient (Wildman–Crippen LogP) is 2.87. The fourth-order valence-corrected chi connectivity index (χ4v) is 1.11. The van der Waals surface area contributed by atoms with Crippen molar-refractivity contribution in [3.05, 3.63) is 23.0 Å². The van der Waals surface area contributed by atoms with Gasteiger partial charge in [-0.15, -0.1) is 0 Å². The maximum atomic E-state index is 5.86. The minimum Gasteiger partial charge on any atom is -0.383 e. The van der Waals surface area contributed by atoms with E-state index in [1.807, 2.05) is 13.0 Å². The highest BCUT2D eigenvalue weighted by molar-refractivity contribution is 6.31. The zero-order valence-electron chi connectivity index (χ0n) is 7.39. The maximum Gasteiger partial charge on any atom is 0.152 e. The van der Waals surface area contributed by atoms with Gasteiger partial charge in [0.25, 0.3) is 0 Å². The van der Waals surface area contributed by atoms with E-state index in [9.17, 15) is 0 Å². The third-order valence-electron chi connectivity index (χ3n) is 1.54. The average molecular weight is 185 g/mol. The third-order valence-corrected chi connectivity index (χ3v) is 1.84. The minimum absolute atomic E-state index is 0.550. The first-order chi connectivity index (χ1) is 5.74. The molecule has 12 heavy (non-hydrogen) atoms. The molecule has 0 aromatic carbocycles. The smallest absolute Gasteiger partial charge is 0.152 e. The second-order valence-corrected chi connectivity index (χ2v) is 3.14. The van der Waals surface area contributed by atoms with Crippen LogP contribution in [0.4, 0.5) is 5.69 Å². The largest absolute Gasteiger partial charge is 0.383 e. The van der Waals surface area contributed by atoms with Crippen molar-refractivity contribution in [1.29, 1.82) is 0 Å². The van der Waals surface area contributed by atoms with Gasteiger partial charge in [0, 0.05) is 12.7 Å². The summed E-state index contributed by atoms with van der Waals surface area (Å²) in [6, 6.07) is 2.00. The summed E-state index contributed by atoms with van der Waals surface area (Å²) in [5, 5.41) is 3.76. The van der Waals surface area contributed by atoms with Gasteiger partial charge in [0.05, 0.1) is 5.69 Å². The van der Waals surface area contributed by atoms with Gasteiger partial charge in [0.15, 0.2) is 5.15 Å². The number of halogens is 1. The minimum atomic E-state index is 0.550. The normalized spacial score (nSPS) is 9.92. The number of aryl methyl sites for hydroxylation is 1. The Morgan fingerprint density at radius 1 is 1.58 bits per heavy atom. The van der Waals surface area contributed by atoms with Gasteiger partial charge in [-0.2, -0.15) is 0 Å². The molecule has 1 aromatic rings. The highest BCUT2D eigenvalue weighted by Crippen LogP contribution is 2.19. The molecule has 0 unspecified atom stereocenters. The summed E-state index contributed by atoms with van der Waals surface area (Å²) in [5.41, 5.74) is 2.05. The van der Waals surface area contributed by atoms with Crippen molar-refractivity contribution < 1.29 is 0 Å². The SMILES string of the molecule is CCCNc1cc(C)cnc1Cl. The molecule has 0 amide bonds. The quantitative estimate of drug-likeness (QED) is 0.731. The van der Waals surface area contributed by atoms with Crippen LogP contribution in [0, 0.1) is 6.92 Å². The van der Waals surface area contributed by atoms with E-state index in [1.165, 1.54) is 0 Å². The van der Waals surface area contributed by atoms with Crippen LogP contribution in [0.2, 0.25) is 5.15 Å². The highest BCUT2D eigenvalue weighted by atomic mass is 35.5. The van der Waals surface area contributed by atoms with Gasteiger partial charge in [-0.1, -0.05) is 18.5 Å². The first-order valence-corrected chi connectivity index (χ1v) is 4.48. The van der Waals surface area contributed by atoms with E-state index in [0.29, 0.717) is 5.15 Å². The van der Waals surface area contributed by atoms with Crippen molar-refractivity contribution in [3.63, 3.8) is 0 Å². The Balaban J connectivity index is 2.75. The number of hydrogen-bond donors (Lipinski definition) is 1. The average Bonchev–Trinajstić information content (AvgIpc) is 2.07. The number of nitrogens with zero attached hydrogens (tertiary/aromatic N) is 1. The summed E-state index contributed by atoms with van der Waals surface area (Å²) >= 11 is 5.86. The molecule has 0 fully saturated rings. The molecule has 1 aromatic heterocycles. The van der Waals surface area contributed by atoms with Gasteiger partial charge in [0.1, 0.15) is 0 Å². The molecule has 3 heteroatoms. The fourth-order valence-electron chi connectivity index (χ4n) is 0.936. The Morgan fingerprint density at radius 3 is 3.00 bits per heavy atom. The number of anilines is 1. The summed E-state index contributed by atoms with van der Waals surface area (Å²) in [6.07, 6.45) is 2.85. The van der Waals surface area contributed by atoms with Crippen LogP contribution in [0.3, 0.4) is 0 Å².